The van der Waals surface area contributed by atoms with Gasteiger partial charge in [0.15, 0.2) is 11.5 Å². The Bertz CT molecular complexity index is 587. The minimum Gasteiger partial charge on any atom is -0.493 e. The molecule has 7 heteroatoms. The van der Waals surface area contributed by atoms with Gasteiger partial charge in [0.1, 0.15) is 5.60 Å². The van der Waals surface area contributed by atoms with Crippen molar-refractivity contribution in [1.29, 1.82) is 0 Å². The van der Waals surface area contributed by atoms with Gasteiger partial charge in [0.25, 0.3) is 0 Å². The number of methoxy groups -OCH3 is 3. The molecule has 0 spiro atoms. The fourth-order valence-corrected chi connectivity index (χ4v) is 2.77. The average Bonchev–Trinajstić information content (AvgIpc) is 2.59. The van der Waals surface area contributed by atoms with Crippen molar-refractivity contribution in [2.24, 2.45) is 0 Å². The normalized spacial score (nSPS) is 17.8. The van der Waals surface area contributed by atoms with Crippen LogP contribution in [0.15, 0.2) is 12.1 Å². The lowest BCUT2D eigenvalue weighted by atomic mass is 10.0. The van der Waals surface area contributed by atoms with Crippen molar-refractivity contribution in [3.05, 3.63) is 17.7 Å². The molecule has 2 rings (SSSR count). The quantitative estimate of drug-likeness (QED) is 0.898. The van der Waals surface area contributed by atoms with Crippen LogP contribution in [0.4, 0.5) is 4.79 Å². The molecule has 0 bridgehead atoms. The number of rotatable bonds is 4. The summed E-state index contributed by atoms with van der Waals surface area (Å²) in [4.78, 5) is 14.1. The van der Waals surface area contributed by atoms with E-state index in [0.717, 1.165) is 5.56 Å². The molecule has 1 atom stereocenters. The molecule has 140 valence electrons. The van der Waals surface area contributed by atoms with Crippen LogP contribution in [0.5, 0.6) is 17.2 Å². The van der Waals surface area contributed by atoms with Crippen LogP contribution in [0.1, 0.15) is 32.4 Å². The lowest BCUT2D eigenvalue weighted by Gasteiger charge is -2.35. The van der Waals surface area contributed by atoms with Gasteiger partial charge in [0.2, 0.25) is 5.75 Å². The van der Waals surface area contributed by atoms with E-state index in [9.17, 15) is 4.79 Å². The van der Waals surface area contributed by atoms with Gasteiger partial charge in [0.05, 0.1) is 27.4 Å². The molecule has 1 aromatic carbocycles. The molecule has 1 aliphatic rings. The van der Waals surface area contributed by atoms with Crippen LogP contribution in [0.25, 0.3) is 0 Å². The summed E-state index contributed by atoms with van der Waals surface area (Å²) >= 11 is 0. The number of nitrogens with one attached hydrogen (secondary N) is 1. The van der Waals surface area contributed by atoms with Gasteiger partial charge in [-0.05, 0) is 38.5 Å². The molecular formula is C18H28N2O5. The summed E-state index contributed by atoms with van der Waals surface area (Å²) < 4.78 is 21.7. The molecule has 1 unspecified atom stereocenters. The van der Waals surface area contributed by atoms with Crippen LogP contribution in [0.3, 0.4) is 0 Å². The maximum absolute atomic E-state index is 12.3. The third kappa shape index (κ3) is 4.69. The SMILES string of the molecule is COc1cc(C2CN(C(=O)OC(C)(C)C)CCN2)cc(OC)c1OC. The fourth-order valence-electron chi connectivity index (χ4n) is 2.77. The van der Waals surface area contributed by atoms with E-state index in [0.29, 0.717) is 36.9 Å². The second-order valence-electron chi connectivity index (χ2n) is 6.89. The van der Waals surface area contributed by atoms with E-state index in [1.165, 1.54) is 0 Å². The summed E-state index contributed by atoms with van der Waals surface area (Å²) in [6.07, 6.45) is -0.300. The molecule has 25 heavy (non-hydrogen) atoms. The molecule has 1 saturated heterocycles. The Kier molecular flexibility index (Phi) is 6.00. The number of carbonyl (C=O) groups excluding carboxylic acids is 1. The second-order valence-corrected chi connectivity index (χ2v) is 6.89. The zero-order chi connectivity index (χ0) is 18.6. The Labute approximate surface area is 149 Å². The number of benzene rings is 1. The van der Waals surface area contributed by atoms with Crippen molar-refractivity contribution in [2.75, 3.05) is 41.0 Å². The third-order valence-corrected chi connectivity index (χ3v) is 3.92. The molecule has 1 fully saturated rings. The summed E-state index contributed by atoms with van der Waals surface area (Å²) in [5.74, 6) is 1.73. The highest BCUT2D eigenvalue weighted by Crippen LogP contribution is 2.40. The summed E-state index contributed by atoms with van der Waals surface area (Å²) in [6, 6.07) is 3.75. The van der Waals surface area contributed by atoms with Crippen LogP contribution in [-0.2, 0) is 4.74 Å². The maximum Gasteiger partial charge on any atom is 0.410 e. The molecule has 1 N–H and O–H groups in total. The summed E-state index contributed by atoms with van der Waals surface area (Å²) in [5.41, 5.74) is 0.451. The Morgan fingerprint density at radius 3 is 2.20 bits per heavy atom. The molecule has 0 aromatic heterocycles. The van der Waals surface area contributed by atoms with Gasteiger partial charge in [-0.15, -0.1) is 0 Å². The number of hydrogen-bond acceptors (Lipinski definition) is 6. The highest BCUT2D eigenvalue weighted by atomic mass is 16.6. The fraction of sp³-hybridized carbons (Fsp3) is 0.611. The third-order valence-electron chi connectivity index (χ3n) is 3.92. The molecule has 1 heterocycles. The van der Waals surface area contributed by atoms with Crippen LogP contribution in [0.2, 0.25) is 0 Å². The van der Waals surface area contributed by atoms with Crippen molar-refractivity contribution in [3.63, 3.8) is 0 Å². The Morgan fingerprint density at radius 2 is 1.72 bits per heavy atom. The van der Waals surface area contributed by atoms with Gasteiger partial charge >= 0.3 is 6.09 Å². The molecule has 1 aromatic rings. The number of ether oxygens (including phenoxy) is 4. The molecule has 0 aliphatic carbocycles. The van der Waals surface area contributed by atoms with Crippen LogP contribution in [0, 0.1) is 0 Å². The van der Waals surface area contributed by atoms with Crippen LogP contribution >= 0.6 is 0 Å². The highest BCUT2D eigenvalue weighted by Gasteiger charge is 2.29. The summed E-state index contributed by atoms with van der Waals surface area (Å²) in [5, 5.41) is 3.42. The Morgan fingerprint density at radius 1 is 1.12 bits per heavy atom. The second kappa shape index (κ2) is 7.82. The van der Waals surface area contributed by atoms with E-state index >= 15 is 0 Å². The summed E-state index contributed by atoms with van der Waals surface area (Å²) in [6.45, 7) is 7.39. The first-order valence-corrected chi connectivity index (χ1v) is 8.30. The van der Waals surface area contributed by atoms with E-state index in [-0.39, 0.29) is 12.1 Å². The van der Waals surface area contributed by atoms with Gasteiger partial charge in [-0.3, -0.25) is 0 Å². The van der Waals surface area contributed by atoms with E-state index in [2.05, 4.69) is 5.32 Å². The Balaban J connectivity index is 2.22. The van der Waals surface area contributed by atoms with Gasteiger partial charge < -0.3 is 29.2 Å². The zero-order valence-corrected chi connectivity index (χ0v) is 15.8. The maximum atomic E-state index is 12.3. The van der Waals surface area contributed by atoms with Crippen LogP contribution < -0.4 is 19.5 Å². The van der Waals surface area contributed by atoms with Crippen LogP contribution in [-0.4, -0.2) is 57.6 Å². The molecule has 1 amide bonds. The Hall–Kier alpha value is -2.15. The lowest BCUT2D eigenvalue weighted by molar-refractivity contribution is 0.0195. The average molecular weight is 352 g/mol. The lowest BCUT2D eigenvalue weighted by Crippen LogP contribution is -2.49. The standard InChI is InChI=1S/C18H28N2O5/c1-18(2,3)25-17(21)20-8-7-19-13(11-20)12-9-14(22-4)16(24-6)15(10-12)23-5/h9-10,13,19H,7-8,11H2,1-6H3. The first-order valence-electron chi connectivity index (χ1n) is 8.30. The molecule has 7 nitrogen and oxygen atoms in total. The number of carbonyl (C=O) groups is 1. The largest absolute Gasteiger partial charge is 0.493 e. The molecule has 0 radical (unpaired) electrons. The number of amides is 1. The van der Waals surface area contributed by atoms with Crippen molar-refractivity contribution < 1.29 is 23.7 Å². The smallest absolute Gasteiger partial charge is 0.410 e. The molecular weight excluding hydrogens is 324 g/mol. The topological polar surface area (TPSA) is 69.3 Å². The van der Waals surface area contributed by atoms with Crippen molar-refractivity contribution in [2.45, 2.75) is 32.4 Å². The van der Waals surface area contributed by atoms with Gasteiger partial charge in [0, 0.05) is 19.6 Å². The van der Waals surface area contributed by atoms with Crippen molar-refractivity contribution in [3.8, 4) is 17.2 Å². The monoisotopic (exact) mass is 352 g/mol. The van der Waals surface area contributed by atoms with Gasteiger partial charge in [-0.1, -0.05) is 0 Å². The predicted octanol–water partition coefficient (Wildman–Crippen LogP) is 2.59. The van der Waals surface area contributed by atoms with E-state index in [4.69, 9.17) is 18.9 Å². The van der Waals surface area contributed by atoms with Crippen molar-refractivity contribution >= 4 is 6.09 Å². The van der Waals surface area contributed by atoms with E-state index in [1.807, 2.05) is 32.9 Å². The zero-order valence-electron chi connectivity index (χ0n) is 15.8. The molecule has 1 aliphatic heterocycles. The van der Waals surface area contributed by atoms with E-state index < -0.39 is 5.60 Å². The minimum atomic E-state index is -0.510. The van der Waals surface area contributed by atoms with Gasteiger partial charge in [-0.25, -0.2) is 4.79 Å². The molecule has 0 saturated carbocycles. The first kappa shape index (κ1) is 19.2. The predicted molar refractivity (Wildman–Crippen MR) is 94.6 cm³/mol. The first-order chi connectivity index (χ1) is 11.8. The van der Waals surface area contributed by atoms with Crippen molar-refractivity contribution in [1.82, 2.24) is 10.2 Å². The minimum absolute atomic E-state index is 0.0463. The summed E-state index contributed by atoms with van der Waals surface area (Å²) in [7, 11) is 4.74. The van der Waals surface area contributed by atoms with Gasteiger partial charge in [-0.2, -0.15) is 0 Å². The number of nitrogens with zero attached hydrogens (tertiary/aromatic N) is 1. The highest BCUT2D eigenvalue weighted by molar-refractivity contribution is 5.68. The number of piperazine rings is 1. The number of hydrogen-bond donors (Lipinski definition) is 1. The van der Waals surface area contributed by atoms with E-state index in [1.54, 1.807) is 26.2 Å².